The molecule has 0 aromatic heterocycles. The lowest BCUT2D eigenvalue weighted by Crippen LogP contribution is -1.92. The van der Waals surface area contributed by atoms with Crippen LogP contribution >= 0.6 is 0 Å². The molecule has 2 aromatic rings. The van der Waals surface area contributed by atoms with Crippen molar-refractivity contribution in [2.24, 2.45) is 0 Å². The Hall–Kier alpha value is -2.67. The van der Waals surface area contributed by atoms with Crippen molar-refractivity contribution in [3.8, 4) is 23.3 Å². The number of nitrogens with two attached hydrogens (primary N) is 1. The van der Waals surface area contributed by atoms with Crippen LogP contribution in [-0.4, -0.2) is 7.11 Å². The lowest BCUT2D eigenvalue weighted by molar-refractivity contribution is 0.413. The van der Waals surface area contributed by atoms with Crippen molar-refractivity contribution < 1.29 is 9.47 Å². The van der Waals surface area contributed by atoms with E-state index in [4.69, 9.17) is 20.5 Å². The summed E-state index contributed by atoms with van der Waals surface area (Å²) in [5.41, 5.74) is 6.56. The van der Waals surface area contributed by atoms with Crippen molar-refractivity contribution >= 4 is 5.69 Å². The van der Waals surface area contributed by atoms with Gasteiger partial charge >= 0.3 is 0 Å². The van der Waals surface area contributed by atoms with Gasteiger partial charge in [-0.25, -0.2) is 0 Å². The van der Waals surface area contributed by atoms with Crippen LogP contribution in [0.5, 0.6) is 17.2 Å². The van der Waals surface area contributed by atoms with Crippen LogP contribution in [0.15, 0.2) is 42.5 Å². The van der Waals surface area contributed by atoms with Gasteiger partial charge in [0.05, 0.1) is 18.4 Å². The Bertz CT molecular complexity index is 586. The SMILES string of the molecule is COc1ccc(Oc2ccc(C#N)c(N)c2)cc1. The molecule has 0 aliphatic rings. The molecular formula is C14H12N2O2. The van der Waals surface area contributed by atoms with Crippen molar-refractivity contribution in [2.45, 2.75) is 0 Å². The molecule has 0 aliphatic carbocycles. The summed E-state index contributed by atoms with van der Waals surface area (Å²) < 4.78 is 10.7. The normalized spacial score (nSPS) is 9.56. The van der Waals surface area contributed by atoms with E-state index in [-0.39, 0.29) is 0 Å². The lowest BCUT2D eigenvalue weighted by Gasteiger charge is -2.07. The zero-order chi connectivity index (χ0) is 13.0. The fourth-order valence-electron chi connectivity index (χ4n) is 1.49. The van der Waals surface area contributed by atoms with Crippen molar-refractivity contribution in [1.29, 1.82) is 5.26 Å². The number of nitrogens with zero attached hydrogens (tertiary/aromatic N) is 1. The van der Waals surface area contributed by atoms with E-state index in [0.29, 0.717) is 22.7 Å². The zero-order valence-corrected chi connectivity index (χ0v) is 9.88. The number of anilines is 1. The van der Waals surface area contributed by atoms with E-state index in [2.05, 4.69) is 0 Å². The first-order chi connectivity index (χ1) is 8.72. The van der Waals surface area contributed by atoms with E-state index < -0.39 is 0 Å². The highest BCUT2D eigenvalue weighted by Crippen LogP contribution is 2.26. The predicted octanol–water partition coefficient (Wildman–Crippen LogP) is 2.94. The lowest BCUT2D eigenvalue weighted by atomic mass is 10.2. The first-order valence-electron chi connectivity index (χ1n) is 5.34. The number of nitrogen functional groups attached to an aromatic ring is 1. The van der Waals surface area contributed by atoms with Crippen LogP contribution in [0.1, 0.15) is 5.56 Å². The maximum Gasteiger partial charge on any atom is 0.129 e. The van der Waals surface area contributed by atoms with Gasteiger partial charge in [-0.2, -0.15) is 5.26 Å². The van der Waals surface area contributed by atoms with Gasteiger partial charge in [0.1, 0.15) is 23.3 Å². The first kappa shape index (κ1) is 11.8. The third-order valence-electron chi connectivity index (χ3n) is 2.44. The van der Waals surface area contributed by atoms with Gasteiger partial charge < -0.3 is 15.2 Å². The monoisotopic (exact) mass is 240 g/mol. The fourth-order valence-corrected chi connectivity index (χ4v) is 1.49. The number of nitriles is 1. The maximum absolute atomic E-state index is 8.77. The molecule has 0 atom stereocenters. The summed E-state index contributed by atoms with van der Waals surface area (Å²) in [7, 11) is 1.61. The fraction of sp³-hybridized carbons (Fsp3) is 0.0714. The maximum atomic E-state index is 8.77. The smallest absolute Gasteiger partial charge is 0.129 e. The molecular weight excluding hydrogens is 228 g/mol. The molecule has 0 unspecified atom stereocenters. The minimum atomic E-state index is 0.406. The summed E-state index contributed by atoms with van der Waals surface area (Å²) in [6, 6.07) is 14.2. The summed E-state index contributed by atoms with van der Waals surface area (Å²) in [5, 5.41) is 8.77. The van der Waals surface area contributed by atoms with E-state index >= 15 is 0 Å². The topological polar surface area (TPSA) is 68.3 Å². The number of hydrogen-bond acceptors (Lipinski definition) is 4. The summed E-state index contributed by atoms with van der Waals surface area (Å²) in [6.07, 6.45) is 0. The van der Waals surface area contributed by atoms with Crippen LogP contribution in [0.3, 0.4) is 0 Å². The highest BCUT2D eigenvalue weighted by Gasteiger charge is 2.02. The van der Waals surface area contributed by atoms with Crippen molar-refractivity contribution in [1.82, 2.24) is 0 Å². The molecule has 2 aromatic carbocycles. The predicted molar refractivity (Wildman–Crippen MR) is 68.6 cm³/mol. The molecule has 4 heteroatoms. The summed E-state index contributed by atoms with van der Waals surface area (Å²) in [4.78, 5) is 0. The Kier molecular flexibility index (Phi) is 3.35. The highest BCUT2D eigenvalue weighted by atomic mass is 16.5. The molecule has 2 N–H and O–H groups in total. The van der Waals surface area contributed by atoms with E-state index in [1.54, 1.807) is 37.4 Å². The number of ether oxygens (including phenoxy) is 2. The molecule has 0 saturated carbocycles. The molecule has 2 rings (SSSR count). The Labute approximate surface area is 105 Å². The van der Waals surface area contributed by atoms with Gasteiger partial charge in [-0.1, -0.05) is 0 Å². The number of methoxy groups -OCH3 is 1. The molecule has 90 valence electrons. The third-order valence-corrected chi connectivity index (χ3v) is 2.44. The number of hydrogen-bond donors (Lipinski definition) is 1. The minimum Gasteiger partial charge on any atom is -0.497 e. The summed E-state index contributed by atoms with van der Waals surface area (Å²) >= 11 is 0. The van der Waals surface area contributed by atoms with Crippen LogP contribution in [0.4, 0.5) is 5.69 Å². The Morgan fingerprint density at radius 1 is 1.00 bits per heavy atom. The Morgan fingerprint density at radius 3 is 2.17 bits per heavy atom. The number of benzene rings is 2. The van der Waals surface area contributed by atoms with Gasteiger partial charge in [-0.3, -0.25) is 0 Å². The minimum absolute atomic E-state index is 0.406. The summed E-state index contributed by atoms with van der Waals surface area (Å²) in [6.45, 7) is 0. The number of rotatable bonds is 3. The first-order valence-corrected chi connectivity index (χ1v) is 5.34. The molecule has 0 amide bonds. The van der Waals surface area contributed by atoms with Crippen molar-refractivity contribution in [3.63, 3.8) is 0 Å². The van der Waals surface area contributed by atoms with E-state index in [1.165, 1.54) is 0 Å². The van der Waals surface area contributed by atoms with Gasteiger partial charge in [-0.15, -0.1) is 0 Å². The average molecular weight is 240 g/mol. The van der Waals surface area contributed by atoms with Crippen molar-refractivity contribution in [2.75, 3.05) is 12.8 Å². The second-order valence-corrected chi connectivity index (χ2v) is 3.64. The largest absolute Gasteiger partial charge is 0.497 e. The molecule has 4 nitrogen and oxygen atoms in total. The Morgan fingerprint density at radius 2 is 1.61 bits per heavy atom. The molecule has 0 radical (unpaired) electrons. The molecule has 0 spiro atoms. The van der Waals surface area contributed by atoms with E-state index in [0.717, 1.165) is 5.75 Å². The van der Waals surface area contributed by atoms with Crippen LogP contribution in [0.25, 0.3) is 0 Å². The van der Waals surface area contributed by atoms with E-state index in [1.807, 2.05) is 18.2 Å². The summed E-state index contributed by atoms with van der Waals surface area (Å²) in [5.74, 6) is 2.04. The van der Waals surface area contributed by atoms with Gasteiger partial charge in [0.25, 0.3) is 0 Å². The molecule has 18 heavy (non-hydrogen) atoms. The van der Waals surface area contributed by atoms with Crippen LogP contribution in [0.2, 0.25) is 0 Å². The molecule has 0 bridgehead atoms. The van der Waals surface area contributed by atoms with Gasteiger partial charge in [0, 0.05) is 6.07 Å². The van der Waals surface area contributed by atoms with Crippen LogP contribution in [0, 0.1) is 11.3 Å². The van der Waals surface area contributed by atoms with Crippen LogP contribution < -0.4 is 15.2 Å². The second-order valence-electron chi connectivity index (χ2n) is 3.64. The molecule has 0 fully saturated rings. The zero-order valence-electron chi connectivity index (χ0n) is 9.88. The quantitative estimate of drug-likeness (QED) is 0.837. The standard InChI is InChI=1S/C14H12N2O2/c1-17-11-4-6-12(7-5-11)18-13-3-2-10(9-15)14(16)8-13/h2-8H,16H2,1H3. The highest BCUT2D eigenvalue weighted by molar-refractivity contribution is 5.57. The average Bonchev–Trinajstić information content (AvgIpc) is 2.40. The molecule has 0 heterocycles. The van der Waals surface area contributed by atoms with Gasteiger partial charge in [0.2, 0.25) is 0 Å². The van der Waals surface area contributed by atoms with Crippen molar-refractivity contribution in [3.05, 3.63) is 48.0 Å². The molecule has 0 aliphatic heterocycles. The van der Waals surface area contributed by atoms with Gasteiger partial charge in [0.15, 0.2) is 0 Å². The van der Waals surface area contributed by atoms with E-state index in [9.17, 15) is 0 Å². The van der Waals surface area contributed by atoms with Gasteiger partial charge in [-0.05, 0) is 36.4 Å². The molecule has 0 saturated heterocycles. The Balaban J connectivity index is 2.18. The second kappa shape index (κ2) is 5.11. The van der Waals surface area contributed by atoms with Crippen LogP contribution in [-0.2, 0) is 0 Å². The third kappa shape index (κ3) is 2.53.